The van der Waals surface area contributed by atoms with Crippen molar-refractivity contribution in [2.45, 2.75) is 19.8 Å². The second kappa shape index (κ2) is 7.43. The number of hydrogen-bond acceptors (Lipinski definition) is 4. The first-order valence-electron chi connectivity index (χ1n) is 8.24. The van der Waals surface area contributed by atoms with Crippen LogP contribution in [0.25, 0.3) is 11.0 Å². The molecule has 0 amide bonds. The Balaban J connectivity index is 1.90. The van der Waals surface area contributed by atoms with Gasteiger partial charge in [-0.05, 0) is 36.2 Å². The van der Waals surface area contributed by atoms with Crippen LogP contribution in [-0.4, -0.2) is 29.9 Å². The molecular formula is C18H17F2N3O3S. The summed E-state index contributed by atoms with van der Waals surface area (Å²) in [6, 6.07) is 5.29. The van der Waals surface area contributed by atoms with E-state index >= 15 is 0 Å². The Bertz CT molecular complexity index is 1110. The summed E-state index contributed by atoms with van der Waals surface area (Å²) in [7, 11) is -3.78. The highest BCUT2D eigenvalue weighted by molar-refractivity contribution is 7.92. The number of ketones is 1. The number of fused-ring (bicyclic) bond motifs is 1. The summed E-state index contributed by atoms with van der Waals surface area (Å²) in [6.45, 7) is 1.66. The quantitative estimate of drug-likeness (QED) is 0.602. The number of H-pyrrole nitrogens is 1. The van der Waals surface area contributed by atoms with Crippen LogP contribution in [0.1, 0.15) is 29.3 Å². The molecule has 0 atom stereocenters. The summed E-state index contributed by atoms with van der Waals surface area (Å²) in [5, 5.41) is 0.766. The number of benzene rings is 1. The van der Waals surface area contributed by atoms with Crippen molar-refractivity contribution in [1.82, 2.24) is 9.97 Å². The fourth-order valence-electron chi connectivity index (χ4n) is 2.73. The number of sulfonamides is 1. The van der Waals surface area contributed by atoms with Crippen LogP contribution in [0, 0.1) is 11.6 Å². The molecule has 2 aromatic heterocycles. The molecule has 0 aliphatic carbocycles. The van der Waals surface area contributed by atoms with Gasteiger partial charge in [-0.3, -0.25) is 9.52 Å². The van der Waals surface area contributed by atoms with E-state index in [0.29, 0.717) is 17.6 Å². The third-order valence-corrected chi connectivity index (χ3v) is 5.41. The van der Waals surface area contributed by atoms with Gasteiger partial charge in [-0.1, -0.05) is 6.92 Å². The average Bonchev–Trinajstić information content (AvgIpc) is 3.05. The molecule has 3 aromatic rings. The number of aromatic nitrogens is 2. The molecule has 3 rings (SSSR count). The SMILES string of the molecule is CCCS(=O)(=O)Nc1ccc(F)c(C(=O)Cc2cnc3[nH]ccc3c2)c1F. The maximum absolute atomic E-state index is 14.7. The molecule has 0 bridgehead atoms. The highest BCUT2D eigenvalue weighted by Crippen LogP contribution is 2.24. The summed E-state index contributed by atoms with van der Waals surface area (Å²) in [5.74, 6) is -3.30. The maximum atomic E-state index is 14.7. The molecule has 0 saturated heterocycles. The topological polar surface area (TPSA) is 91.9 Å². The van der Waals surface area contributed by atoms with Gasteiger partial charge in [0.25, 0.3) is 0 Å². The maximum Gasteiger partial charge on any atom is 0.232 e. The van der Waals surface area contributed by atoms with E-state index in [1.54, 1.807) is 25.3 Å². The van der Waals surface area contributed by atoms with E-state index in [-0.39, 0.29) is 12.2 Å². The number of aromatic amines is 1. The van der Waals surface area contributed by atoms with Gasteiger partial charge in [0, 0.05) is 24.2 Å². The molecular weight excluding hydrogens is 376 g/mol. The molecule has 0 aliphatic heterocycles. The molecule has 0 aliphatic rings. The normalized spacial score (nSPS) is 11.7. The van der Waals surface area contributed by atoms with Crippen LogP contribution in [0.2, 0.25) is 0 Å². The molecule has 0 saturated carbocycles. The van der Waals surface area contributed by atoms with Crippen LogP contribution >= 0.6 is 0 Å². The number of nitrogens with one attached hydrogen (secondary N) is 2. The van der Waals surface area contributed by atoms with Gasteiger partial charge < -0.3 is 4.98 Å². The minimum atomic E-state index is -3.78. The van der Waals surface area contributed by atoms with Crippen molar-refractivity contribution >= 4 is 32.5 Å². The largest absolute Gasteiger partial charge is 0.346 e. The van der Waals surface area contributed by atoms with Gasteiger partial charge in [0.1, 0.15) is 11.5 Å². The van der Waals surface area contributed by atoms with Gasteiger partial charge in [-0.25, -0.2) is 22.2 Å². The zero-order chi connectivity index (χ0) is 19.6. The number of nitrogens with zero attached hydrogens (tertiary/aromatic N) is 1. The first kappa shape index (κ1) is 19.0. The Labute approximate surface area is 154 Å². The number of carbonyl (C=O) groups is 1. The number of hydrogen-bond donors (Lipinski definition) is 2. The Morgan fingerprint density at radius 3 is 2.78 bits per heavy atom. The minimum absolute atomic E-state index is 0.213. The summed E-state index contributed by atoms with van der Waals surface area (Å²) in [4.78, 5) is 19.5. The van der Waals surface area contributed by atoms with E-state index in [4.69, 9.17) is 0 Å². The van der Waals surface area contributed by atoms with Crippen LogP contribution in [-0.2, 0) is 16.4 Å². The monoisotopic (exact) mass is 393 g/mol. The predicted molar refractivity (Wildman–Crippen MR) is 98.2 cm³/mol. The van der Waals surface area contributed by atoms with E-state index in [1.165, 1.54) is 6.20 Å². The Morgan fingerprint density at radius 2 is 2.04 bits per heavy atom. The molecule has 0 radical (unpaired) electrons. The lowest BCUT2D eigenvalue weighted by atomic mass is 10.0. The number of halogens is 2. The highest BCUT2D eigenvalue weighted by Gasteiger charge is 2.23. The molecule has 6 nitrogen and oxygen atoms in total. The lowest BCUT2D eigenvalue weighted by Gasteiger charge is -2.11. The second-order valence-electron chi connectivity index (χ2n) is 6.06. The zero-order valence-corrected chi connectivity index (χ0v) is 15.2. The van der Waals surface area contributed by atoms with Crippen molar-refractivity contribution in [2.75, 3.05) is 10.5 Å². The van der Waals surface area contributed by atoms with Crippen LogP contribution in [0.3, 0.4) is 0 Å². The molecule has 9 heteroatoms. The van der Waals surface area contributed by atoms with E-state index < -0.39 is 38.7 Å². The molecule has 0 fully saturated rings. The van der Waals surface area contributed by atoms with Gasteiger partial charge in [-0.15, -0.1) is 0 Å². The van der Waals surface area contributed by atoms with Crippen molar-refractivity contribution in [1.29, 1.82) is 0 Å². The van der Waals surface area contributed by atoms with Crippen LogP contribution in [0.15, 0.2) is 36.7 Å². The number of Topliss-reactive ketones (excluding diaryl/α,β-unsaturated/α-hetero) is 1. The number of rotatable bonds is 7. The van der Waals surface area contributed by atoms with Crippen molar-refractivity contribution in [3.63, 3.8) is 0 Å². The molecule has 2 heterocycles. The van der Waals surface area contributed by atoms with Crippen molar-refractivity contribution in [3.8, 4) is 0 Å². The van der Waals surface area contributed by atoms with Gasteiger partial charge in [0.15, 0.2) is 11.6 Å². The first-order chi connectivity index (χ1) is 12.8. The Morgan fingerprint density at radius 1 is 1.26 bits per heavy atom. The van der Waals surface area contributed by atoms with Crippen LogP contribution in [0.4, 0.5) is 14.5 Å². The molecule has 0 spiro atoms. The summed E-state index contributed by atoms with van der Waals surface area (Å²) < 4.78 is 54.5. The van der Waals surface area contributed by atoms with E-state index in [9.17, 15) is 22.0 Å². The summed E-state index contributed by atoms with van der Waals surface area (Å²) in [5.41, 5.74) is -0.105. The van der Waals surface area contributed by atoms with Gasteiger partial charge in [0.05, 0.1) is 17.0 Å². The van der Waals surface area contributed by atoms with Crippen LogP contribution in [0.5, 0.6) is 0 Å². The first-order valence-corrected chi connectivity index (χ1v) is 9.89. The lowest BCUT2D eigenvalue weighted by molar-refractivity contribution is 0.0985. The third kappa shape index (κ3) is 4.13. The average molecular weight is 393 g/mol. The van der Waals surface area contributed by atoms with Gasteiger partial charge >= 0.3 is 0 Å². The van der Waals surface area contributed by atoms with Crippen molar-refractivity contribution in [3.05, 3.63) is 59.4 Å². The number of anilines is 1. The van der Waals surface area contributed by atoms with Crippen LogP contribution < -0.4 is 4.72 Å². The zero-order valence-electron chi connectivity index (χ0n) is 14.4. The fraction of sp³-hybridized carbons (Fsp3) is 0.222. The Hall–Kier alpha value is -2.81. The van der Waals surface area contributed by atoms with Gasteiger partial charge in [0.2, 0.25) is 10.0 Å². The summed E-state index contributed by atoms with van der Waals surface area (Å²) in [6.07, 6.45) is 3.19. The van der Waals surface area contributed by atoms with Crippen molar-refractivity contribution < 1.29 is 22.0 Å². The lowest BCUT2D eigenvalue weighted by Crippen LogP contribution is -2.19. The number of carbonyl (C=O) groups excluding carboxylic acids is 1. The van der Waals surface area contributed by atoms with Crippen molar-refractivity contribution in [2.24, 2.45) is 0 Å². The predicted octanol–water partition coefficient (Wildman–Crippen LogP) is 3.42. The van der Waals surface area contributed by atoms with E-state index in [0.717, 1.165) is 17.5 Å². The van der Waals surface area contributed by atoms with E-state index in [1.807, 2.05) is 0 Å². The minimum Gasteiger partial charge on any atom is -0.346 e. The molecule has 2 N–H and O–H groups in total. The molecule has 27 heavy (non-hydrogen) atoms. The highest BCUT2D eigenvalue weighted by atomic mass is 32.2. The molecule has 142 valence electrons. The Kier molecular flexibility index (Phi) is 5.22. The smallest absolute Gasteiger partial charge is 0.232 e. The van der Waals surface area contributed by atoms with Gasteiger partial charge in [-0.2, -0.15) is 0 Å². The standard InChI is InChI=1S/C18H17F2N3O3S/c1-2-7-27(25,26)23-14-4-3-13(19)16(17(14)20)15(24)9-11-8-12-5-6-21-18(12)22-10-11/h3-6,8,10,23H,2,7,9H2,1H3,(H,21,22). The third-order valence-electron chi connectivity index (χ3n) is 3.93. The summed E-state index contributed by atoms with van der Waals surface area (Å²) >= 11 is 0. The second-order valence-corrected chi connectivity index (χ2v) is 7.91. The molecule has 1 aromatic carbocycles. The number of pyridine rings is 1. The molecule has 0 unspecified atom stereocenters. The van der Waals surface area contributed by atoms with E-state index in [2.05, 4.69) is 14.7 Å². The fourth-order valence-corrected chi connectivity index (χ4v) is 3.86.